The summed E-state index contributed by atoms with van der Waals surface area (Å²) in [6, 6.07) is 13.2. The summed E-state index contributed by atoms with van der Waals surface area (Å²) in [4.78, 5) is 1.87. The van der Waals surface area contributed by atoms with Gasteiger partial charge < -0.3 is 4.90 Å². The molecule has 1 heterocycles. The van der Waals surface area contributed by atoms with Gasteiger partial charge in [0.2, 0.25) is 0 Å². The van der Waals surface area contributed by atoms with Gasteiger partial charge in [-0.2, -0.15) is 0 Å². The van der Waals surface area contributed by atoms with Crippen LogP contribution in [0.2, 0.25) is 10.0 Å². The van der Waals surface area contributed by atoms with Crippen LogP contribution in [-0.4, -0.2) is 5.84 Å². The molecule has 4 heteroatoms. The fourth-order valence-electron chi connectivity index (χ4n) is 2.18. The van der Waals surface area contributed by atoms with Crippen LogP contribution < -0.4 is 4.90 Å². The summed E-state index contributed by atoms with van der Waals surface area (Å²) < 4.78 is 0. The largest absolute Gasteiger partial charge is 0.320 e. The van der Waals surface area contributed by atoms with Crippen molar-refractivity contribution in [2.75, 3.05) is 4.90 Å². The van der Waals surface area contributed by atoms with Gasteiger partial charge in [-0.3, -0.25) is 5.41 Å². The monoisotopic (exact) mass is 276 g/mol. The Labute approximate surface area is 115 Å². The zero-order chi connectivity index (χ0) is 12.7. The Bertz CT molecular complexity index is 637. The van der Waals surface area contributed by atoms with Crippen LogP contribution in [0.25, 0.3) is 0 Å². The number of hydrogen-bond donors (Lipinski definition) is 1. The third-order valence-electron chi connectivity index (χ3n) is 3.07. The van der Waals surface area contributed by atoms with Gasteiger partial charge in [-0.05, 0) is 23.8 Å². The van der Waals surface area contributed by atoms with Gasteiger partial charge in [0.1, 0.15) is 5.84 Å². The van der Waals surface area contributed by atoms with Crippen LogP contribution in [-0.2, 0) is 6.54 Å². The molecule has 2 aromatic carbocycles. The van der Waals surface area contributed by atoms with Gasteiger partial charge in [-0.25, -0.2) is 0 Å². The summed E-state index contributed by atoms with van der Waals surface area (Å²) in [6.45, 7) is 0.662. The Balaban J connectivity index is 2.06. The molecule has 0 radical (unpaired) electrons. The summed E-state index contributed by atoms with van der Waals surface area (Å²) in [5.74, 6) is 0.467. The van der Waals surface area contributed by atoms with E-state index in [-0.39, 0.29) is 0 Å². The van der Waals surface area contributed by atoms with Crippen LogP contribution in [0.5, 0.6) is 0 Å². The van der Waals surface area contributed by atoms with Crippen LogP contribution in [0.3, 0.4) is 0 Å². The third-order valence-corrected chi connectivity index (χ3v) is 3.62. The minimum Gasteiger partial charge on any atom is -0.320 e. The minimum absolute atomic E-state index is 0.467. The zero-order valence-electron chi connectivity index (χ0n) is 9.45. The number of anilines is 1. The number of rotatable bonds is 1. The maximum atomic E-state index is 8.22. The van der Waals surface area contributed by atoms with Crippen LogP contribution >= 0.6 is 23.2 Å². The molecule has 90 valence electrons. The molecule has 0 saturated carbocycles. The first-order chi connectivity index (χ1) is 8.66. The standard InChI is InChI=1S/C14H10Cl2N2/c15-10-5-6-12(16)13(7-10)18-8-9-3-1-2-4-11(9)14(18)17/h1-7,17H,8H2. The van der Waals surface area contributed by atoms with Crippen molar-refractivity contribution >= 4 is 34.7 Å². The molecule has 2 nitrogen and oxygen atoms in total. The molecule has 0 saturated heterocycles. The molecule has 0 fully saturated rings. The quantitative estimate of drug-likeness (QED) is 0.824. The van der Waals surface area contributed by atoms with E-state index in [2.05, 4.69) is 0 Å². The van der Waals surface area contributed by atoms with Crippen molar-refractivity contribution in [3.05, 3.63) is 63.6 Å². The molecular weight excluding hydrogens is 267 g/mol. The fraction of sp³-hybridized carbons (Fsp3) is 0.0714. The summed E-state index contributed by atoms with van der Waals surface area (Å²) in [5.41, 5.74) is 2.87. The van der Waals surface area contributed by atoms with Crippen LogP contribution in [0.4, 0.5) is 5.69 Å². The lowest BCUT2D eigenvalue weighted by Crippen LogP contribution is -2.23. The smallest absolute Gasteiger partial charge is 0.133 e. The Kier molecular flexibility index (Phi) is 2.77. The van der Waals surface area contributed by atoms with E-state index in [1.165, 1.54) is 0 Å². The van der Waals surface area contributed by atoms with Crippen molar-refractivity contribution in [3.63, 3.8) is 0 Å². The first-order valence-corrected chi connectivity index (χ1v) is 6.32. The van der Waals surface area contributed by atoms with Gasteiger partial charge in [0.05, 0.1) is 17.3 Å². The maximum absolute atomic E-state index is 8.22. The highest BCUT2D eigenvalue weighted by atomic mass is 35.5. The molecule has 0 atom stereocenters. The van der Waals surface area contributed by atoms with Crippen molar-refractivity contribution in [1.82, 2.24) is 0 Å². The van der Waals surface area contributed by atoms with Crippen molar-refractivity contribution < 1.29 is 0 Å². The Hall–Kier alpha value is -1.51. The van der Waals surface area contributed by atoms with E-state index in [4.69, 9.17) is 28.6 Å². The van der Waals surface area contributed by atoms with Gasteiger partial charge in [0.25, 0.3) is 0 Å². The Morgan fingerprint density at radius 2 is 1.83 bits per heavy atom. The van der Waals surface area contributed by atoms with Crippen molar-refractivity contribution in [3.8, 4) is 0 Å². The van der Waals surface area contributed by atoms with E-state index in [9.17, 15) is 0 Å². The molecule has 1 N–H and O–H groups in total. The predicted molar refractivity (Wildman–Crippen MR) is 75.9 cm³/mol. The van der Waals surface area contributed by atoms with E-state index in [1.807, 2.05) is 29.2 Å². The second-order valence-corrected chi connectivity index (χ2v) is 5.03. The number of halogens is 2. The van der Waals surface area contributed by atoms with E-state index < -0.39 is 0 Å². The van der Waals surface area contributed by atoms with Gasteiger partial charge in [0.15, 0.2) is 0 Å². The lowest BCUT2D eigenvalue weighted by Gasteiger charge is -2.19. The van der Waals surface area contributed by atoms with Gasteiger partial charge in [-0.1, -0.05) is 47.5 Å². The number of amidine groups is 1. The van der Waals surface area contributed by atoms with Gasteiger partial charge >= 0.3 is 0 Å². The molecule has 1 aliphatic rings. The Morgan fingerprint density at radius 3 is 2.61 bits per heavy atom. The van der Waals surface area contributed by atoms with Crippen LogP contribution in [0.15, 0.2) is 42.5 Å². The first kappa shape index (κ1) is 11.6. The normalized spacial score (nSPS) is 13.9. The molecule has 0 bridgehead atoms. The van der Waals surface area contributed by atoms with E-state index in [0.29, 0.717) is 22.4 Å². The second kappa shape index (κ2) is 4.30. The average Bonchev–Trinajstić information content (AvgIpc) is 2.71. The molecule has 3 rings (SSSR count). The Morgan fingerprint density at radius 1 is 1.06 bits per heavy atom. The molecule has 0 unspecified atom stereocenters. The maximum Gasteiger partial charge on any atom is 0.133 e. The summed E-state index contributed by atoms with van der Waals surface area (Å²) in [6.07, 6.45) is 0. The summed E-state index contributed by atoms with van der Waals surface area (Å²) in [7, 11) is 0. The molecule has 0 aromatic heterocycles. The van der Waals surface area contributed by atoms with Crippen molar-refractivity contribution in [1.29, 1.82) is 5.41 Å². The predicted octanol–water partition coefficient (Wildman–Crippen LogP) is 4.34. The fourth-order valence-corrected chi connectivity index (χ4v) is 2.57. The van der Waals surface area contributed by atoms with E-state index in [1.54, 1.807) is 18.2 Å². The number of nitrogens with zero attached hydrogens (tertiary/aromatic N) is 1. The van der Waals surface area contributed by atoms with Gasteiger partial charge in [-0.15, -0.1) is 0 Å². The average molecular weight is 277 g/mol. The van der Waals surface area contributed by atoms with Crippen molar-refractivity contribution in [2.45, 2.75) is 6.54 Å². The highest BCUT2D eigenvalue weighted by molar-refractivity contribution is 6.36. The number of nitrogens with one attached hydrogen (secondary N) is 1. The van der Waals surface area contributed by atoms with Crippen LogP contribution in [0, 0.1) is 5.41 Å². The minimum atomic E-state index is 0.467. The summed E-state index contributed by atoms with van der Waals surface area (Å²) >= 11 is 12.2. The molecule has 1 aliphatic heterocycles. The highest BCUT2D eigenvalue weighted by Gasteiger charge is 2.26. The molecule has 18 heavy (non-hydrogen) atoms. The number of benzene rings is 2. The molecule has 2 aromatic rings. The molecular formula is C14H10Cl2N2. The van der Waals surface area contributed by atoms with E-state index in [0.717, 1.165) is 16.8 Å². The first-order valence-electron chi connectivity index (χ1n) is 5.56. The topological polar surface area (TPSA) is 27.1 Å². The molecule has 0 aliphatic carbocycles. The molecule has 0 amide bonds. The van der Waals surface area contributed by atoms with E-state index >= 15 is 0 Å². The second-order valence-electron chi connectivity index (χ2n) is 4.19. The summed E-state index contributed by atoms with van der Waals surface area (Å²) in [5, 5.41) is 9.45. The third kappa shape index (κ3) is 1.78. The lowest BCUT2D eigenvalue weighted by atomic mass is 10.1. The lowest BCUT2D eigenvalue weighted by molar-refractivity contribution is 1.05. The van der Waals surface area contributed by atoms with Crippen LogP contribution in [0.1, 0.15) is 11.1 Å². The molecule has 0 spiro atoms. The number of hydrogen-bond acceptors (Lipinski definition) is 1. The van der Waals surface area contributed by atoms with Crippen molar-refractivity contribution in [2.24, 2.45) is 0 Å². The zero-order valence-corrected chi connectivity index (χ0v) is 11.0. The van der Waals surface area contributed by atoms with Gasteiger partial charge in [0, 0.05) is 10.6 Å². The highest BCUT2D eigenvalue weighted by Crippen LogP contribution is 2.34. The SMILES string of the molecule is N=C1c2ccccc2CN1c1cc(Cl)ccc1Cl. The number of fused-ring (bicyclic) bond motifs is 1.